The molecular weight excluding hydrogens is 204 g/mol. The average molecular weight is 222 g/mol. The molecule has 1 rings (SSSR count). The molecule has 0 aliphatic rings. The molecule has 1 aromatic carbocycles. The second-order valence-corrected chi connectivity index (χ2v) is 9.79. The van der Waals surface area contributed by atoms with Crippen LogP contribution in [0.2, 0.25) is 19.6 Å². The number of hydrogen-bond acceptors (Lipinski definition) is 2. The van der Waals surface area contributed by atoms with Crippen molar-refractivity contribution in [2.45, 2.75) is 33.0 Å². The highest BCUT2D eigenvalue weighted by atomic mass is 28.3. The lowest BCUT2D eigenvalue weighted by molar-refractivity contribution is 0.112. The molecule has 0 atom stereocenters. The van der Waals surface area contributed by atoms with Crippen molar-refractivity contribution in [3.63, 3.8) is 0 Å². The summed E-state index contributed by atoms with van der Waals surface area (Å²) in [6.07, 6.45) is 1.53. The van der Waals surface area contributed by atoms with Gasteiger partial charge in [0.15, 0.2) is 6.29 Å². The third kappa shape index (κ3) is 2.29. The van der Waals surface area contributed by atoms with Gasteiger partial charge < -0.3 is 5.11 Å². The standard InChI is InChI=1S/C12H18O2Si/c1-5-9-6-7-11(15(2,3)4)10(8-13)12(9)14/h6-8,14H,5H2,1-4H3. The molecule has 0 spiro atoms. The first-order valence-corrected chi connectivity index (χ1v) is 8.72. The van der Waals surface area contributed by atoms with E-state index in [2.05, 4.69) is 19.6 Å². The minimum atomic E-state index is -1.56. The fraction of sp³-hybridized carbons (Fsp3) is 0.417. The number of carbonyl (C=O) groups excluding carboxylic acids is 1. The molecule has 0 bridgehead atoms. The third-order valence-electron chi connectivity index (χ3n) is 2.61. The topological polar surface area (TPSA) is 37.3 Å². The number of aldehydes is 1. The van der Waals surface area contributed by atoms with E-state index in [4.69, 9.17) is 0 Å². The van der Waals surface area contributed by atoms with E-state index in [9.17, 15) is 9.90 Å². The maximum Gasteiger partial charge on any atom is 0.153 e. The van der Waals surface area contributed by atoms with Crippen molar-refractivity contribution in [2.75, 3.05) is 0 Å². The van der Waals surface area contributed by atoms with Gasteiger partial charge in [-0.05, 0) is 17.2 Å². The normalized spacial score (nSPS) is 11.5. The van der Waals surface area contributed by atoms with Gasteiger partial charge in [0.25, 0.3) is 0 Å². The molecular formula is C12H18O2Si. The smallest absolute Gasteiger partial charge is 0.153 e. The van der Waals surface area contributed by atoms with E-state index in [1.54, 1.807) is 0 Å². The quantitative estimate of drug-likeness (QED) is 0.629. The zero-order chi connectivity index (χ0) is 11.6. The summed E-state index contributed by atoms with van der Waals surface area (Å²) in [6.45, 7) is 8.47. The summed E-state index contributed by atoms with van der Waals surface area (Å²) < 4.78 is 0. The van der Waals surface area contributed by atoms with Crippen molar-refractivity contribution in [2.24, 2.45) is 0 Å². The number of benzene rings is 1. The SMILES string of the molecule is CCc1ccc([Si](C)(C)C)c(C=O)c1O. The van der Waals surface area contributed by atoms with Gasteiger partial charge in [0, 0.05) is 0 Å². The average Bonchev–Trinajstić information content (AvgIpc) is 2.15. The zero-order valence-electron chi connectivity index (χ0n) is 9.79. The van der Waals surface area contributed by atoms with Crippen LogP contribution < -0.4 is 5.19 Å². The number of aryl methyl sites for hydroxylation is 1. The van der Waals surface area contributed by atoms with Gasteiger partial charge in [0.1, 0.15) is 5.75 Å². The lowest BCUT2D eigenvalue weighted by atomic mass is 10.1. The molecule has 0 saturated carbocycles. The van der Waals surface area contributed by atoms with E-state index in [-0.39, 0.29) is 5.75 Å². The molecule has 2 nitrogen and oxygen atoms in total. The molecule has 0 heterocycles. The summed E-state index contributed by atoms with van der Waals surface area (Å²) in [5.74, 6) is 0.174. The number of aromatic hydroxyl groups is 1. The summed E-state index contributed by atoms with van der Waals surface area (Å²) in [5, 5.41) is 11.0. The Labute approximate surface area is 92.0 Å². The predicted octanol–water partition coefficient (Wildman–Crippen LogP) is 2.31. The largest absolute Gasteiger partial charge is 0.507 e. The molecule has 0 aromatic heterocycles. The van der Waals surface area contributed by atoms with E-state index in [1.165, 1.54) is 0 Å². The minimum absolute atomic E-state index is 0.174. The van der Waals surface area contributed by atoms with Crippen LogP contribution in [0, 0.1) is 0 Å². The van der Waals surface area contributed by atoms with Crippen molar-refractivity contribution in [3.8, 4) is 5.75 Å². The molecule has 1 aromatic rings. The minimum Gasteiger partial charge on any atom is -0.507 e. The maximum absolute atomic E-state index is 11.0. The summed E-state index contributed by atoms with van der Waals surface area (Å²) in [7, 11) is -1.56. The monoisotopic (exact) mass is 222 g/mol. The third-order valence-corrected chi connectivity index (χ3v) is 4.66. The van der Waals surface area contributed by atoms with Crippen molar-refractivity contribution >= 4 is 19.5 Å². The van der Waals surface area contributed by atoms with Gasteiger partial charge in [-0.15, -0.1) is 0 Å². The van der Waals surface area contributed by atoms with E-state index >= 15 is 0 Å². The highest BCUT2D eigenvalue weighted by Crippen LogP contribution is 2.22. The van der Waals surface area contributed by atoms with Crippen LogP contribution in [0.5, 0.6) is 5.75 Å². The molecule has 0 radical (unpaired) electrons. The van der Waals surface area contributed by atoms with Crippen LogP contribution in [0.3, 0.4) is 0 Å². The highest BCUT2D eigenvalue weighted by molar-refractivity contribution is 6.89. The summed E-state index contributed by atoms with van der Waals surface area (Å²) in [4.78, 5) is 11.0. The fourth-order valence-corrected chi connectivity index (χ4v) is 3.28. The number of phenolic OH excluding ortho intramolecular Hbond substituents is 1. The maximum atomic E-state index is 11.0. The van der Waals surface area contributed by atoms with Crippen LogP contribution in [0.25, 0.3) is 0 Å². The van der Waals surface area contributed by atoms with E-state index in [0.717, 1.165) is 23.5 Å². The fourth-order valence-electron chi connectivity index (χ4n) is 1.71. The van der Waals surface area contributed by atoms with Gasteiger partial charge in [-0.2, -0.15) is 0 Å². The number of rotatable bonds is 3. The molecule has 0 unspecified atom stereocenters. The second-order valence-electron chi connectivity index (χ2n) is 4.76. The van der Waals surface area contributed by atoms with Crippen LogP contribution in [0.15, 0.2) is 12.1 Å². The Hall–Kier alpha value is -1.09. The Morgan fingerprint density at radius 3 is 2.33 bits per heavy atom. The van der Waals surface area contributed by atoms with Crippen LogP contribution in [-0.2, 0) is 6.42 Å². The first-order valence-electron chi connectivity index (χ1n) is 5.22. The lowest BCUT2D eigenvalue weighted by Crippen LogP contribution is -2.40. The van der Waals surface area contributed by atoms with Crippen molar-refractivity contribution in [1.29, 1.82) is 0 Å². The second kappa shape index (κ2) is 4.19. The number of hydrogen-bond donors (Lipinski definition) is 1. The molecule has 82 valence electrons. The first-order chi connectivity index (χ1) is 6.91. The number of phenols is 1. The molecule has 0 aliphatic carbocycles. The van der Waals surface area contributed by atoms with Gasteiger partial charge in [-0.25, -0.2) is 0 Å². The lowest BCUT2D eigenvalue weighted by Gasteiger charge is -2.20. The van der Waals surface area contributed by atoms with Gasteiger partial charge in [-0.3, -0.25) is 4.79 Å². The Bertz CT molecular complexity index is 378. The van der Waals surface area contributed by atoms with Crippen LogP contribution in [0.4, 0.5) is 0 Å². The van der Waals surface area contributed by atoms with E-state index in [1.807, 2.05) is 19.1 Å². The predicted molar refractivity (Wildman–Crippen MR) is 65.9 cm³/mol. The summed E-state index contributed by atoms with van der Waals surface area (Å²) in [6, 6.07) is 3.92. The van der Waals surface area contributed by atoms with Crippen molar-refractivity contribution < 1.29 is 9.90 Å². The first kappa shape index (κ1) is 12.0. The van der Waals surface area contributed by atoms with Gasteiger partial charge in [0.05, 0.1) is 13.6 Å². The van der Waals surface area contributed by atoms with E-state index < -0.39 is 8.07 Å². The zero-order valence-corrected chi connectivity index (χ0v) is 10.8. The van der Waals surface area contributed by atoms with E-state index in [0.29, 0.717) is 5.56 Å². The van der Waals surface area contributed by atoms with Gasteiger partial charge >= 0.3 is 0 Å². The molecule has 0 aliphatic heterocycles. The van der Waals surface area contributed by atoms with Crippen molar-refractivity contribution in [3.05, 3.63) is 23.3 Å². The molecule has 15 heavy (non-hydrogen) atoms. The molecule has 0 amide bonds. The molecule has 0 fully saturated rings. The van der Waals surface area contributed by atoms with Gasteiger partial charge in [0.2, 0.25) is 0 Å². The summed E-state index contributed by atoms with van der Waals surface area (Å²) in [5.41, 5.74) is 1.34. The van der Waals surface area contributed by atoms with Crippen molar-refractivity contribution in [1.82, 2.24) is 0 Å². The summed E-state index contributed by atoms with van der Waals surface area (Å²) >= 11 is 0. The Balaban J connectivity index is 3.44. The van der Waals surface area contributed by atoms with Gasteiger partial charge in [-0.1, -0.05) is 38.7 Å². The van der Waals surface area contributed by atoms with Crippen LogP contribution in [0.1, 0.15) is 22.8 Å². The Kier molecular flexibility index (Phi) is 3.34. The van der Waals surface area contributed by atoms with Crippen LogP contribution in [-0.4, -0.2) is 19.5 Å². The Morgan fingerprint density at radius 2 is 1.93 bits per heavy atom. The highest BCUT2D eigenvalue weighted by Gasteiger charge is 2.22. The number of carbonyl (C=O) groups is 1. The Morgan fingerprint density at radius 1 is 1.33 bits per heavy atom. The molecule has 3 heteroatoms. The van der Waals surface area contributed by atoms with Crippen LogP contribution >= 0.6 is 0 Å². The molecule has 0 saturated heterocycles. The molecule has 1 N–H and O–H groups in total.